The highest BCUT2D eigenvalue weighted by Crippen LogP contribution is 2.32. The summed E-state index contributed by atoms with van der Waals surface area (Å²) in [5.74, 6) is 0.962. The smallest absolute Gasteiger partial charge is 0.410 e. The maximum atomic E-state index is 12.9. The van der Waals surface area contributed by atoms with E-state index in [2.05, 4.69) is 52.4 Å². The fourth-order valence-corrected chi connectivity index (χ4v) is 5.87. The Morgan fingerprint density at radius 3 is 2.44 bits per heavy atom. The normalized spacial score (nSPS) is 17.2. The highest BCUT2D eigenvalue weighted by atomic mass is 32.2. The Morgan fingerprint density at radius 1 is 0.930 bits per heavy atom. The van der Waals surface area contributed by atoms with Crippen LogP contribution in [0.3, 0.4) is 0 Å². The lowest BCUT2D eigenvalue weighted by molar-refractivity contribution is -0.0360. The van der Waals surface area contributed by atoms with Crippen LogP contribution in [-0.2, 0) is 27.4 Å². The molecule has 0 spiro atoms. The number of likely N-dealkylation sites (tertiary alicyclic amines) is 1. The van der Waals surface area contributed by atoms with E-state index in [1.165, 1.54) is 16.3 Å². The lowest BCUT2D eigenvalue weighted by Crippen LogP contribution is -2.48. The van der Waals surface area contributed by atoms with Gasteiger partial charge in [-0.2, -0.15) is 0 Å². The molecule has 1 fully saturated rings. The average molecular weight is 600 g/mol. The van der Waals surface area contributed by atoms with Crippen molar-refractivity contribution in [2.75, 3.05) is 25.4 Å². The van der Waals surface area contributed by atoms with Crippen LogP contribution in [0, 0.1) is 0 Å². The standard InChI is InChI=1S/C35H41N3O4S/c1-35(2,3)42-34(39)38-17-16-31(32(23-38)41-25-27-14-15-28-12-7-8-13-29(28)20-27)30-21-36-33(37-22-30)43-19-9-18-40-24-26-10-5-4-6-11-26/h4-8,10-15,20-22,31-32H,9,16-19,23-25H2,1-3H3. The minimum absolute atomic E-state index is 0.0737. The molecule has 7 nitrogen and oxygen atoms in total. The molecule has 1 aromatic heterocycles. The lowest BCUT2D eigenvalue weighted by Gasteiger charge is -2.39. The summed E-state index contributed by atoms with van der Waals surface area (Å²) in [6.07, 6.45) is 4.99. The van der Waals surface area contributed by atoms with Gasteiger partial charge in [0.1, 0.15) is 5.60 Å². The number of hydrogen-bond acceptors (Lipinski definition) is 7. The van der Waals surface area contributed by atoms with Gasteiger partial charge in [-0.1, -0.05) is 78.5 Å². The van der Waals surface area contributed by atoms with E-state index in [-0.39, 0.29) is 18.1 Å². The molecule has 1 aliphatic rings. The van der Waals surface area contributed by atoms with Crippen molar-refractivity contribution in [3.8, 4) is 0 Å². The van der Waals surface area contributed by atoms with Crippen molar-refractivity contribution < 1.29 is 19.0 Å². The van der Waals surface area contributed by atoms with Crippen molar-refractivity contribution in [2.45, 2.75) is 69.6 Å². The summed E-state index contributed by atoms with van der Waals surface area (Å²) >= 11 is 1.64. The monoisotopic (exact) mass is 599 g/mol. The molecule has 43 heavy (non-hydrogen) atoms. The minimum atomic E-state index is -0.551. The van der Waals surface area contributed by atoms with Crippen molar-refractivity contribution in [3.63, 3.8) is 0 Å². The summed E-state index contributed by atoms with van der Waals surface area (Å²) < 4.78 is 18.0. The van der Waals surface area contributed by atoms with E-state index in [0.717, 1.165) is 34.9 Å². The maximum absolute atomic E-state index is 12.9. The molecule has 3 aromatic carbocycles. The summed E-state index contributed by atoms with van der Waals surface area (Å²) in [4.78, 5) is 24.0. The molecule has 2 atom stereocenters. The lowest BCUT2D eigenvalue weighted by atomic mass is 9.88. The zero-order chi connectivity index (χ0) is 30.1. The van der Waals surface area contributed by atoms with Crippen LogP contribution in [0.2, 0.25) is 0 Å². The van der Waals surface area contributed by atoms with E-state index < -0.39 is 5.60 Å². The van der Waals surface area contributed by atoms with Gasteiger partial charge in [-0.25, -0.2) is 14.8 Å². The van der Waals surface area contributed by atoms with E-state index in [1.807, 2.05) is 63.5 Å². The van der Waals surface area contributed by atoms with Gasteiger partial charge in [-0.05, 0) is 67.1 Å². The largest absolute Gasteiger partial charge is 0.444 e. The fourth-order valence-electron chi connectivity index (χ4n) is 5.17. The summed E-state index contributed by atoms with van der Waals surface area (Å²) in [7, 11) is 0. The zero-order valence-electron chi connectivity index (χ0n) is 25.3. The van der Waals surface area contributed by atoms with E-state index in [9.17, 15) is 4.79 Å². The second-order valence-corrected chi connectivity index (χ2v) is 13.0. The number of thioether (sulfide) groups is 1. The first-order valence-corrected chi connectivity index (χ1v) is 16.0. The average Bonchev–Trinajstić information content (AvgIpc) is 3.01. The third-order valence-corrected chi connectivity index (χ3v) is 8.30. The van der Waals surface area contributed by atoms with Gasteiger partial charge in [0.2, 0.25) is 0 Å². The van der Waals surface area contributed by atoms with Gasteiger partial charge in [-0.3, -0.25) is 0 Å². The van der Waals surface area contributed by atoms with Gasteiger partial charge in [-0.15, -0.1) is 0 Å². The quantitative estimate of drug-likeness (QED) is 0.0996. The van der Waals surface area contributed by atoms with Gasteiger partial charge < -0.3 is 19.1 Å². The third kappa shape index (κ3) is 9.26. The van der Waals surface area contributed by atoms with E-state index >= 15 is 0 Å². The Balaban J connectivity index is 1.18. The van der Waals surface area contributed by atoms with E-state index in [0.29, 0.717) is 32.9 Å². The summed E-state index contributed by atoms with van der Waals surface area (Å²) in [6, 6.07) is 24.9. The molecular formula is C35H41N3O4S. The number of piperidine rings is 1. The number of nitrogens with zero attached hydrogens (tertiary/aromatic N) is 3. The molecule has 2 heterocycles. The van der Waals surface area contributed by atoms with Gasteiger partial charge >= 0.3 is 6.09 Å². The molecule has 0 N–H and O–H groups in total. The van der Waals surface area contributed by atoms with Crippen LogP contribution in [0.5, 0.6) is 0 Å². The molecule has 0 radical (unpaired) electrons. The Labute approximate surface area is 259 Å². The number of amides is 1. The molecule has 1 aliphatic heterocycles. The van der Waals surface area contributed by atoms with Gasteiger partial charge in [0.25, 0.3) is 0 Å². The molecule has 0 saturated carbocycles. The number of benzene rings is 3. The number of hydrogen-bond donors (Lipinski definition) is 0. The van der Waals surface area contributed by atoms with Crippen molar-refractivity contribution in [1.29, 1.82) is 0 Å². The number of fused-ring (bicyclic) bond motifs is 1. The van der Waals surface area contributed by atoms with Crippen LogP contribution in [-0.4, -0.2) is 58.1 Å². The second-order valence-electron chi connectivity index (χ2n) is 11.9. The molecule has 4 aromatic rings. The van der Waals surface area contributed by atoms with E-state index in [4.69, 9.17) is 14.2 Å². The molecule has 8 heteroatoms. The van der Waals surface area contributed by atoms with Crippen LogP contribution in [0.15, 0.2) is 90.3 Å². The van der Waals surface area contributed by atoms with Crippen LogP contribution >= 0.6 is 11.8 Å². The van der Waals surface area contributed by atoms with Crippen LogP contribution in [0.4, 0.5) is 4.79 Å². The Hall–Kier alpha value is -3.46. The maximum Gasteiger partial charge on any atom is 0.410 e. The number of ether oxygens (including phenoxy) is 3. The molecule has 1 amide bonds. The van der Waals surface area contributed by atoms with Crippen LogP contribution in [0.25, 0.3) is 10.8 Å². The highest BCUT2D eigenvalue weighted by molar-refractivity contribution is 7.99. The Kier molecular flexibility index (Phi) is 10.7. The van der Waals surface area contributed by atoms with Crippen molar-refractivity contribution >= 4 is 28.6 Å². The molecule has 1 saturated heterocycles. The number of carbonyl (C=O) groups is 1. The van der Waals surface area contributed by atoms with Gasteiger partial charge in [0, 0.05) is 37.2 Å². The molecule has 226 valence electrons. The van der Waals surface area contributed by atoms with Crippen LogP contribution < -0.4 is 0 Å². The first-order valence-electron chi connectivity index (χ1n) is 15.0. The molecular weight excluding hydrogens is 558 g/mol. The molecule has 5 rings (SSSR count). The zero-order valence-corrected chi connectivity index (χ0v) is 26.1. The first-order chi connectivity index (χ1) is 20.8. The van der Waals surface area contributed by atoms with Crippen molar-refractivity contribution in [3.05, 3.63) is 102 Å². The topological polar surface area (TPSA) is 73.8 Å². The van der Waals surface area contributed by atoms with Crippen LogP contribution in [0.1, 0.15) is 56.2 Å². The Morgan fingerprint density at radius 2 is 1.67 bits per heavy atom. The molecule has 2 unspecified atom stereocenters. The first kappa shape index (κ1) is 31.0. The Bertz CT molecular complexity index is 1460. The fraction of sp³-hybridized carbons (Fsp3) is 0.400. The summed E-state index contributed by atoms with van der Waals surface area (Å²) in [5, 5.41) is 3.14. The van der Waals surface area contributed by atoms with Gasteiger partial charge in [0.15, 0.2) is 5.16 Å². The minimum Gasteiger partial charge on any atom is -0.444 e. The SMILES string of the molecule is CC(C)(C)OC(=O)N1CCC(c2cnc(SCCCOCc3ccccc3)nc2)C(OCc2ccc3ccccc3c2)C1. The predicted octanol–water partition coefficient (Wildman–Crippen LogP) is 7.64. The summed E-state index contributed by atoms with van der Waals surface area (Å²) in [6.45, 7) is 8.50. The van der Waals surface area contributed by atoms with E-state index in [1.54, 1.807) is 16.7 Å². The van der Waals surface area contributed by atoms with Gasteiger partial charge in [0.05, 0.1) is 25.9 Å². The van der Waals surface area contributed by atoms with Crippen molar-refractivity contribution in [1.82, 2.24) is 14.9 Å². The molecule has 0 aliphatic carbocycles. The number of aromatic nitrogens is 2. The summed E-state index contributed by atoms with van der Waals surface area (Å²) in [5.41, 5.74) is 2.76. The highest BCUT2D eigenvalue weighted by Gasteiger charge is 2.35. The predicted molar refractivity (Wildman–Crippen MR) is 171 cm³/mol. The second kappa shape index (κ2) is 14.8. The molecule has 0 bridgehead atoms. The van der Waals surface area contributed by atoms with Crippen molar-refractivity contribution in [2.24, 2.45) is 0 Å². The number of carbonyl (C=O) groups excluding carboxylic acids is 1. The third-order valence-electron chi connectivity index (χ3n) is 7.34. The number of rotatable bonds is 11.